The van der Waals surface area contributed by atoms with Crippen LogP contribution < -0.4 is 5.32 Å². The molecule has 4 heteroatoms. The van der Waals surface area contributed by atoms with Crippen LogP contribution in [0.4, 0.5) is 4.79 Å². The third-order valence-corrected chi connectivity index (χ3v) is 4.32. The fraction of sp³-hybridized carbons (Fsp3) is 0.857. The molecule has 1 spiro atoms. The molecule has 2 fully saturated rings. The predicted octanol–water partition coefficient (Wildman–Crippen LogP) is 2.82. The summed E-state index contributed by atoms with van der Waals surface area (Å²) in [6.07, 6.45) is 9.44. The summed E-state index contributed by atoms with van der Waals surface area (Å²) in [5, 5.41) is 2.53. The van der Waals surface area contributed by atoms with Gasteiger partial charge in [-0.3, -0.25) is 10.1 Å². The van der Waals surface area contributed by atoms with Gasteiger partial charge in [-0.15, -0.1) is 0 Å². The first-order valence-electron chi connectivity index (χ1n) is 7.34. The number of rotatable bonds is 4. The van der Waals surface area contributed by atoms with Crippen LogP contribution in [0.5, 0.6) is 0 Å². The maximum absolute atomic E-state index is 12.2. The van der Waals surface area contributed by atoms with E-state index in [0.717, 1.165) is 51.5 Å². The maximum atomic E-state index is 12.2. The SMILES string of the molecule is CCCCCN1C(=O)NC(=O)C12CCCCCC2. The molecule has 4 nitrogen and oxygen atoms in total. The molecule has 0 aromatic heterocycles. The van der Waals surface area contributed by atoms with Crippen LogP contribution in [-0.2, 0) is 4.79 Å². The van der Waals surface area contributed by atoms with Crippen LogP contribution in [0.3, 0.4) is 0 Å². The number of hydrogen-bond acceptors (Lipinski definition) is 2. The number of urea groups is 1. The van der Waals surface area contributed by atoms with E-state index in [1.54, 1.807) is 0 Å². The molecule has 2 rings (SSSR count). The lowest BCUT2D eigenvalue weighted by Gasteiger charge is -2.34. The Kier molecular flexibility index (Phi) is 4.25. The van der Waals surface area contributed by atoms with Crippen LogP contribution >= 0.6 is 0 Å². The minimum Gasteiger partial charge on any atom is -0.310 e. The molecule has 3 amide bonds. The van der Waals surface area contributed by atoms with Gasteiger partial charge in [0.05, 0.1) is 0 Å². The van der Waals surface area contributed by atoms with Gasteiger partial charge in [0, 0.05) is 6.54 Å². The maximum Gasteiger partial charge on any atom is 0.325 e. The lowest BCUT2D eigenvalue weighted by atomic mass is 9.88. The van der Waals surface area contributed by atoms with Gasteiger partial charge in [-0.05, 0) is 19.3 Å². The fourth-order valence-corrected chi connectivity index (χ4v) is 3.24. The Morgan fingerprint density at radius 1 is 1.11 bits per heavy atom. The topological polar surface area (TPSA) is 49.4 Å². The van der Waals surface area contributed by atoms with Crippen molar-refractivity contribution in [3.8, 4) is 0 Å². The molecule has 0 atom stereocenters. The van der Waals surface area contributed by atoms with Crippen molar-refractivity contribution in [1.29, 1.82) is 0 Å². The molecule has 1 aliphatic carbocycles. The summed E-state index contributed by atoms with van der Waals surface area (Å²) in [5.41, 5.74) is -0.513. The Morgan fingerprint density at radius 3 is 2.39 bits per heavy atom. The molecule has 1 N–H and O–H groups in total. The first kappa shape index (κ1) is 13.4. The summed E-state index contributed by atoms with van der Waals surface area (Å²) in [6.45, 7) is 2.88. The Balaban J connectivity index is 2.11. The number of hydrogen-bond donors (Lipinski definition) is 1. The normalized spacial score (nSPS) is 23.3. The van der Waals surface area contributed by atoms with Crippen molar-refractivity contribution in [1.82, 2.24) is 10.2 Å². The van der Waals surface area contributed by atoms with Crippen molar-refractivity contribution < 1.29 is 9.59 Å². The number of imide groups is 1. The number of carbonyl (C=O) groups is 2. The molecule has 1 saturated heterocycles. The average Bonchev–Trinajstić information content (AvgIpc) is 2.55. The van der Waals surface area contributed by atoms with Gasteiger partial charge in [0.1, 0.15) is 5.54 Å². The highest BCUT2D eigenvalue weighted by molar-refractivity contribution is 6.07. The van der Waals surface area contributed by atoms with Crippen LogP contribution in [0, 0.1) is 0 Å². The first-order chi connectivity index (χ1) is 8.70. The lowest BCUT2D eigenvalue weighted by molar-refractivity contribution is -0.127. The Bertz CT molecular complexity index is 320. The summed E-state index contributed by atoms with van der Waals surface area (Å²) in [6, 6.07) is -0.169. The second-order valence-corrected chi connectivity index (χ2v) is 5.56. The second-order valence-electron chi connectivity index (χ2n) is 5.56. The van der Waals surface area contributed by atoms with E-state index in [9.17, 15) is 9.59 Å². The van der Waals surface area contributed by atoms with Crippen molar-refractivity contribution in [3.05, 3.63) is 0 Å². The van der Waals surface area contributed by atoms with E-state index in [2.05, 4.69) is 12.2 Å². The van der Waals surface area contributed by atoms with Gasteiger partial charge in [-0.1, -0.05) is 45.4 Å². The van der Waals surface area contributed by atoms with Crippen molar-refractivity contribution in [3.63, 3.8) is 0 Å². The molecule has 2 aliphatic rings. The lowest BCUT2D eigenvalue weighted by Crippen LogP contribution is -2.49. The molecule has 0 unspecified atom stereocenters. The zero-order chi connectivity index (χ0) is 13.0. The Morgan fingerprint density at radius 2 is 1.78 bits per heavy atom. The van der Waals surface area contributed by atoms with Gasteiger partial charge in [0.15, 0.2) is 0 Å². The zero-order valence-corrected chi connectivity index (χ0v) is 11.3. The molecular formula is C14H24N2O2. The van der Waals surface area contributed by atoms with Crippen LogP contribution in [0.15, 0.2) is 0 Å². The molecule has 102 valence electrons. The smallest absolute Gasteiger partial charge is 0.310 e. The highest BCUT2D eigenvalue weighted by Crippen LogP contribution is 2.36. The number of nitrogens with zero attached hydrogens (tertiary/aromatic N) is 1. The van der Waals surface area contributed by atoms with E-state index in [1.165, 1.54) is 12.8 Å². The Labute approximate surface area is 109 Å². The molecule has 0 aromatic rings. The molecule has 0 bridgehead atoms. The number of unbranched alkanes of at least 4 members (excludes halogenated alkanes) is 2. The molecule has 0 radical (unpaired) electrons. The zero-order valence-electron chi connectivity index (χ0n) is 11.3. The van der Waals surface area contributed by atoms with E-state index in [0.29, 0.717) is 0 Å². The standard InChI is InChI=1S/C14H24N2O2/c1-2-3-8-11-16-13(18)15-12(17)14(16)9-6-4-5-7-10-14/h2-11H2,1H3,(H,15,17,18). The monoisotopic (exact) mass is 252 g/mol. The van der Waals surface area contributed by atoms with E-state index >= 15 is 0 Å². The van der Waals surface area contributed by atoms with Crippen LogP contribution in [0.2, 0.25) is 0 Å². The largest absolute Gasteiger partial charge is 0.325 e. The second kappa shape index (κ2) is 5.72. The molecule has 1 aliphatic heterocycles. The summed E-state index contributed by atoms with van der Waals surface area (Å²) in [5.74, 6) is -0.0501. The molecule has 18 heavy (non-hydrogen) atoms. The molecule has 0 aromatic carbocycles. The van der Waals surface area contributed by atoms with Gasteiger partial charge in [-0.2, -0.15) is 0 Å². The van der Waals surface area contributed by atoms with Crippen LogP contribution in [0.25, 0.3) is 0 Å². The molecular weight excluding hydrogens is 228 g/mol. The van der Waals surface area contributed by atoms with E-state index < -0.39 is 5.54 Å². The summed E-state index contributed by atoms with van der Waals surface area (Å²) < 4.78 is 0. The third kappa shape index (κ3) is 2.38. The summed E-state index contributed by atoms with van der Waals surface area (Å²) >= 11 is 0. The van der Waals surface area contributed by atoms with Crippen molar-refractivity contribution in [2.75, 3.05) is 6.54 Å². The highest BCUT2D eigenvalue weighted by Gasteiger charge is 2.51. The van der Waals surface area contributed by atoms with Crippen molar-refractivity contribution >= 4 is 11.9 Å². The Hall–Kier alpha value is -1.06. The van der Waals surface area contributed by atoms with Crippen molar-refractivity contribution in [2.24, 2.45) is 0 Å². The molecule has 1 heterocycles. The van der Waals surface area contributed by atoms with E-state index in [-0.39, 0.29) is 11.9 Å². The number of carbonyl (C=O) groups excluding carboxylic acids is 2. The van der Waals surface area contributed by atoms with Gasteiger partial charge < -0.3 is 4.90 Å². The number of amides is 3. The van der Waals surface area contributed by atoms with Gasteiger partial charge in [-0.25, -0.2) is 4.79 Å². The van der Waals surface area contributed by atoms with E-state index in [1.807, 2.05) is 4.90 Å². The fourth-order valence-electron chi connectivity index (χ4n) is 3.24. The highest BCUT2D eigenvalue weighted by atomic mass is 16.2. The van der Waals surface area contributed by atoms with Gasteiger partial charge in [0.25, 0.3) is 5.91 Å². The quantitative estimate of drug-likeness (QED) is 0.618. The number of nitrogens with one attached hydrogen (secondary N) is 1. The van der Waals surface area contributed by atoms with Crippen LogP contribution in [-0.4, -0.2) is 28.9 Å². The summed E-state index contributed by atoms with van der Waals surface area (Å²) in [4.78, 5) is 26.0. The third-order valence-electron chi connectivity index (χ3n) is 4.32. The predicted molar refractivity (Wildman–Crippen MR) is 70.2 cm³/mol. The minimum absolute atomic E-state index is 0.0501. The average molecular weight is 252 g/mol. The minimum atomic E-state index is -0.513. The van der Waals surface area contributed by atoms with Gasteiger partial charge in [0.2, 0.25) is 0 Å². The molecule has 1 saturated carbocycles. The summed E-state index contributed by atoms with van der Waals surface area (Å²) in [7, 11) is 0. The van der Waals surface area contributed by atoms with Gasteiger partial charge >= 0.3 is 6.03 Å². The first-order valence-corrected chi connectivity index (χ1v) is 7.34. The van der Waals surface area contributed by atoms with E-state index in [4.69, 9.17) is 0 Å². The van der Waals surface area contributed by atoms with Crippen molar-refractivity contribution in [2.45, 2.75) is 70.3 Å². The van der Waals surface area contributed by atoms with Crippen LogP contribution in [0.1, 0.15) is 64.7 Å².